The minimum Gasteiger partial charge on any atom is -0.370 e. The van der Waals surface area contributed by atoms with E-state index < -0.39 is 0 Å². The average molecular weight is 294 g/mol. The third-order valence-corrected chi connectivity index (χ3v) is 4.22. The third kappa shape index (κ3) is 3.56. The quantitative estimate of drug-likeness (QED) is 0.699. The zero-order valence-corrected chi connectivity index (χ0v) is 12.9. The maximum Gasteiger partial charge on any atom is 0.127 e. The van der Waals surface area contributed by atoms with Gasteiger partial charge >= 0.3 is 0 Å². The highest BCUT2D eigenvalue weighted by molar-refractivity contribution is 7.99. The van der Waals surface area contributed by atoms with Gasteiger partial charge in [0.05, 0.1) is 0 Å². The molecule has 0 saturated heterocycles. The van der Waals surface area contributed by atoms with E-state index in [2.05, 4.69) is 71.8 Å². The number of hydrogen-bond acceptors (Lipinski definition) is 3. The predicted molar refractivity (Wildman–Crippen MR) is 91.1 cm³/mol. The minimum absolute atomic E-state index is 0.947. The van der Waals surface area contributed by atoms with Crippen LogP contribution >= 0.6 is 11.8 Å². The average Bonchev–Trinajstić information content (AvgIpc) is 2.53. The van der Waals surface area contributed by atoms with Crippen LogP contribution in [0.2, 0.25) is 0 Å². The van der Waals surface area contributed by atoms with Gasteiger partial charge in [-0.15, -0.1) is 0 Å². The van der Waals surface area contributed by atoms with E-state index in [0.717, 1.165) is 18.8 Å². The Morgan fingerprint density at radius 2 is 1.76 bits per heavy atom. The second-order valence-corrected chi connectivity index (χ2v) is 6.06. The number of nitrogens with one attached hydrogen (secondary N) is 1. The van der Waals surface area contributed by atoms with E-state index in [1.807, 2.05) is 6.20 Å². The minimum atomic E-state index is 0.947. The first-order chi connectivity index (χ1) is 10.3. The number of aromatic nitrogens is 1. The Morgan fingerprint density at radius 3 is 2.62 bits per heavy atom. The molecule has 0 unspecified atom stereocenters. The summed E-state index contributed by atoms with van der Waals surface area (Å²) in [6, 6.07) is 19.2. The molecule has 2 nitrogen and oxygen atoms in total. The van der Waals surface area contributed by atoms with Crippen molar-refractivity contribution in [2.45, 2.75) is 23.1 Å². The van der Waals surface area contributed by atoms with E-state index in [4.69, 9.17) is 0 Å². The summed E-state index contributed by atoms with van der Waals surface area (Å²) < 4.78 is 0. The van der Waals surface area contributed by atoms with E-state index in [1.54, 1.807) is 11.8 Å². The number of hydrogen-bond donors (Lipinski definition) is 1. The lowest BCUT2D eigenvalue weighted by atomic mass is 10.1. The molecule has 1 N–H and O–H groups in total. The van der Waals surface area contributed by atoms with Gasteiger partial charge in [-0.3, -0.25) is 0 Å². The second-order valence-electron chi connectivity index (χ2n) is 4.91. The first kappa shape index (κ1) is 14.0. The summed E-state index contributed by atoms with van der Waals surface area (Å²) in [6.45, 7) is 3.11. The molecule has 0 aliphatic carbocycles. The van der Waals surface area contributed by atoms with Gasteiger partial charge in [-0.05, 0) is 41.5 Å². The first-order valence-corrected chi connectivity index (χ1v) is 8.03. The molecule has 106 valence electrons. The molecule has 0 spiro atoms. The van der Waals surface area contributed by atoms with Crippen LogP contribution in [0.5, 0.6) is 0 Å². The number of rotatable bonds is 5. The van der Waals surface area contributed by atoms with Crippen molar-refractivity contribution in [2.24, 2.45) is 0 Å². The van der Waals surface area contributed by atoms with Crippen LogP contribution in [0, 0.1) is 0 Å². The highest BCUT2D eigenvalue weighted by Crippen LogP contribution is 2.30. The van der Waals surface area contributed by atoms with Crippen molar-refractivity contribution in [1.29, 1.82) is 0 Å². The van der Waals surface area contributed by atoms with Crippen molar-refractivity contribution >= 4 is 28.4 Å². The number of pyridine rings is 1. The fraction of sp³-hybridized carbons (Fsp3) is 0.167. The normalized spacial score (nSPS) is 10.7. The lowest BCUT2D eigenvalue weighted by Gasteiger charge is -2.07. The Balaban J connectivity index is 1.81. The Hall–Kier alpha value is -2.00. The highest BCUT2D eigenvalue weighted by atomic mass is 32.2. The molecule has 0 radical (unpaired) electrons. The number of fused-ring (bicyclic) bond motifs is 1. The van der Waals surface area contributed by atoms with Gasteiger partial charge in [0.2, 0.25) is 0 Å². The van der Waals surface area contributed by atoms with Crippen LogP contribution in [0.15, 0.2) is 70.6 Å². The Morgan fingerprint density at radius 1 is 0.952 bits per heavy atom. The van der Waals surface area contributed by atoms with Crippen molar-refractivity contribution in [3.8, 4) is 0 Å². The molecule has 1 aromatic heterocycles. The predicted octanol–water partition coefficient (Wildman–Crippen LogP) is 5.21. The van der Waals surface area contributed by atoms with Crippen molar-refractivity contribution in [2.75, 3.05) is 11.9 Å². The molecule has 0 saturated carbocycles. The largest absolute Gasteiger partial charge is 0.370 e. The van der Waals surface area contributed by atoms with Crippen LogP contribution in [0.3, 0.4) is 0 Å². The van der Waals surface area contributed by atoms with Gasteiger partial charge in [0.25, 0.3) is 0 Å². The Kier molecular flexibility index (Phi) is 4.41. The molecule has 3 heteroatoms. The van der Waals surface area contributed by atoms with E-state index in [0.29, 0.717) is 0 Å². The summed E-state index contributed by atoms with van der Waals surface area (Å²) in [5.41, 5.74) is 0. The molecular weight excluding hydrogens is 276 g/mol. The molecule has 1 heterocycles. The lowest BCUT2D eigenvalue weighted by Crippen LogP contribution is -2.01. The van der Waals surface area contributed by atoms with Crippen molar-refractivity contribution in [1.82, 2.24) is 4.98 Å². The number of anilines is 1. The topological polar surface area (TPSA) is 24.9 Å². The molecule has 2 aromatic carbocycles. The molecule has 0 amide bonds. The Labute approximate surface area is 129 Å². The van der Waals surface area contributed by atoms with Crippen LogP contribution < -0.4 is 5.32 Å². The van der Waals surface area contributed by atoms with E-state index in [1.165, 1.54) is 20.6 Å². The zero-order chi connectivity index (χ0) is 14.5. The summed E-state index contributed by atoms with van der Waals surface area (Å²) in [7, 11) is 0. The SMILES string of the molecule is CCCNc1cc(Sc2ccc3ccccc3c2)ccn1. The van der Waals surface area contributed by atoms with Gasteiger partial charge in [0.1, 0.15) is 5.82 Å². The molecule has 0 aliphatic rings. The van der Waals surface area contributed by atoms with Gasteiger partial charge in [-0.25, -0.2) is 4.98 Å². The summed E-state index contributed by atoms with van der Waals surface area (Å²) in [5.74, 6) is 0.947. The molecular formula is C18H18N2S. The first-order valence-electron chi connectivity index (χ1n) is 7.22. The fourth-order valence-electron chi connectivity index (χ4n) is 2.19. The molecule has 3 aromatic rings. The monoisotopic (exact) mass is 294 g/mol. The summed E-state index contributed by atoms with van der Waals surface area (Å²) in [4.78, 5) is 6.80. The molecule has 0 aliphatic heterocycles. The molecule has 0 bridgehead atoms. The van der Waals surface area contributed by atoms with Crippen LogP contribution in [-0.2, 0) is 0 Å². The Bertz CT molecular complexity index is 740. The van der Waals surface area contributed by atoms with Crippen molar-refractivity contribution in [3.63, 3.8) is 0 Å². The van der Waals surface area contributed by atoms with E-state index in [-0.39, 0.29) is 0 Å². The van der Waals surface area contributed by atoms with Crippen molar-refractivity contribution in [3.05, 3.63) is 60.8 Å². The van der Waals surface area contributed by atoms with Crippen LogP contribution in [0.1, 0.15) is 13.3 Å². The number of nitrogens with zero attached hydrogens (tertiary/aromatic N) is 1. The molecule has 0 atom stereocenters. The van der Waals surface area contributed by atoms with Gasteiger partial charge in [-0.2, -0.15) is 0 Å². The smallest absolute Gasteiger partial charge is 0.127 e. The lowest BCUT2D eigenvalue weighted by molar-refractivity contribution is 0.967. The summed E-state index contributed by atoms with van der Waals surface area (Å²) in [6.07, 6.45) is 2.96. The summed E-state index contributed by atoms with van der Waals surface area (Å²) >= 11 is 1.77. The maximum atomic E-state index is 4.34. The molecule has 21 heavy (non-hydrogen) atoms. The highest BCUT2D eigenvalue weighted by Gasteiger charge is 2.01. The number of benzene rings is 2. The van der Waals surface area contributed by atoms with Gasteiger partial charge < -0.3 is 5.32 Å². The van der Waals surface area contributed by atoms with Crippen LogP contribution in [0.25, 0.3) is 10.8 Å². The van der Waals surface area contributed by atoms with Crippen LogP contribution in [-0.4, -0.2) is 11.5 Å². The van der Waals surface area contributed by atoms with Gasteiger partial charge in [0, 0.05) is 22.5 Å². The van der Waals surface area contributed by atoms with Gasteiger partial charge in [-0.1, -0.05) is 49.0 Å². The van der Waals surface area contributed by atoms with E-state index >= 15 is 0 Å². The fourth-order valence-corrected chi connectivity index (χ4v) is 3.08. The molecule has 0 fully saturated rings. The standard InChI is InChI=1S/C18H18N2S/c1-2-10-19-18-13-17(9-11-20-18)21-16-8-7-14-5-3-4-6-15(14)12-16/h3-9,11-13H,2,10H2,1H3,(H,19,20). The van der Waals surface area contributed by atoms with Crippen molar-refractivity contribution < 1.29 is 0 Å². The summed E-state index contributed by atoms with van der Waals surface area (Å²) in [5, 5.41) is 5.88. The van der Waals surface area contributed by atoms with Crippen LogP contribution in [0.4, 0.5) is 5.82 Å². The zero-order valence-electron chi connectivity index (χ0n) is 12.0. The van der Waals surface area contributed by atoms with E-state index in [9.17, 15) is 0 Å². The molecule has 3 rings (SSSR count). The second kappa shape index (κ2) is 6.64. The van der Waals surface area contributed by atoms with Gasteiger partial charge in [0.15, 0.2) is 0 Å². The third-order valence-electron chi connectivity index (χ3n) is 3.24. The maximum absolute atomic E-state index is 4.34.